The predicted octanol–water partition coefficient (Wildman–Crippen LogP) is 3.26. The zero-order valence-corrected chi connectivity index (χ0v) is 17.7. The van der Waals surface area contributed by atoms with Gasteiger partial charge < -0.3 is 14.4 Å². The molecular formula is C22H32N2O5. The van der Waals surface area contributed by atoms with Gasteiger partial charge in [0.05, 0.1) is 12.5 Å². The van der Waals surface area contributed by atoms with Crippen molar-refractivity contribution in [3.05, 3.63) is 23.5 Å². The fourth-order valence-corrected chi connectivity index (χ4v) is 4.27. The first kappa shape index (κ1) is 21.6. The van der Waals surface area contributed by atoms with Crippen molar-refractivity contribution in [1.82, 2.24) is 9.80 Å². The second-order valence-electron chi connectivity index (χ2n) is 8.04. The summed E-state index contributed by atoms with van der Waals surface area (Å²) in [4.78, 5) is 38.9. The molecule has 1 aliphatic carbocycles. The topological polar surface area (TPSA) is 76.2 Å². The Kier molecular flexibility index (Phi) is 7.11. The number of hydrogen-bond donors (Lipinski definition) is 0. The molecule has 0 aromatic rings. The Bertz CT molecular complexity index is 714. The number of carbonyl (C=O) groups excluding carboxylic acids is 3. The van der Waals surface area contributed by atoms with Gasteiger partial charge in [0.2, 0.25) is 5.91 Å². The van der Waals surface area contributed by atoms with Gasteiger partial charge in [-0.15, -0.1) is 0 Å². The van der Waals surface area contributed by atoms with E-state index in [-0.39, 0.29) is 42.4 Å². The summed E-state index contributed by atoms with van der Waals surface area (Å²) in [7, 11) is 0. The molecule has 2 aliphatic heterocycles. The molecule has 0 saturated carbocycles. The van der Waals surface area contributed by atoms with Crippen molar-refractivity contribution >= 4 is 17.9 Å². The minimum absolute atomic E-state index is 0.0616. The number of carbonyl (C=O) groups is 3. The van der Waals surface area contributed by atoms with Crippen molar-refractivity contribution in [3.8, 4) is 0 Å². The van der Waals surface area contributed by atoms with E-state index in [4.69, 9.17) is 9.47 Å². The quantitative estimate of drug-likeness (QED) is 0.335. The highest BCUT2D eigenvalue weighted by Gasteiger charge is 2.37. The zero-order chi connectivity index (χ0) is 21.0. The summed E-state index contributed by atoms with van der Waals surface area (Å²) in [5, 5.41) is 0. The van der Waals surface area contributed by atoms with Gasteiger partial charge in [-0.1, -0.05) is 32.4 Å². The standard InChI is InChI=1S/C22H32N2O5/c1-4-8-17-18(10-9-16-15(3)13-20(26)29-21(16)17)28-12-7-6-11-24-19(25)14-23(5-2)22(24)27/h9-10,15,17-18H,4-8,11-14H2,1-3H3. The van der Waals surface area contributed by atoms with E-state index in [0.717, 1.165) is 30.6 Å². The van der Waals surface area contributed by atoms with Crippen LogP contribution >= 0.6 is 0 Å². The summed E-state index contributed by atoms with van der Waals surface area (Å²) >= 11 is 0. The largest absolute Gasteiger partial charge is 0.430 e. The lowest BCUT2D eigenvalue weighted by Crippen LogP contribution is -2.34. The minimum atomic E-state index is -0.190. The van der Waals surface area contributed by atoms with Crippen molar-refractivity contribution in [1.29, 1.82) is 0 Å². The molecule has 0 bridgehead atoms. The van der Waals surface area contributed by atoms with Crippen LogP contribution < -0.4 is 0 Å². The predicted molar refractivity (Wildman–Crippen MR) is 108 cm³/mol. The average Bonchev–Trinajstić information content (AvgIpc) is 2.96. The van der Waals surface area contributed by atoms with E-state index >= 15 is 0 Å². The second kappa shape index (κ2) is 9.57. The van der Waals surface area contributed by atoms with Gasteiger partial charge in [-0.05, 0) is 37.7 Å². The number of unbranched alkanes of at least 4 members (excludes halogenated alkanes) is 1. The van der Waals surface area contributed by atoms with Gasteiger partial charge in [0.25, 0.3) is 0 Å². The molecule has 0 radical (unpaired) electrons. The summed E-state index contributed by atoms with van der Waals surface area (Å²) in [6.45, 7) is 7.76. The number of hydrogen-bond acceptors (Lipinski definition) is 5. The van der Waals surface area contributed by atoms with Crippen LogP contribution in [-0.2, 0) is 19.1 Å². The maximum atomic E-state index is 12.1. The third-order valence-electron chi connectivity index (χ3n) is 5.91. The molecule has 3 atom stereocenters. The van der Waals surface area contributed by atoms with Crippen LogP contribution in [-0.4, -0.2) is 60.1 Å². The Labute approximate surface area is 172 Å². The maximum absolute atomic E-state index is 12.1. The van der Waals surface area contributed by atoms with E-state index in [1.807, 2.05) is 13.0 Å². The molecule has 160 valence electrons. The Hall–Kier alpha value is -2.15. The Balaban J connectivity index is 1.49. The van der Waals surface area contributed by atoms with Crippen LogP contribution in [0.5, 0.6) is 0 Å². The van der Waals surface area contributed by atoms with Crippen LogP contribution in [0.15, 0.2) is 23.5 Å². The summed E-state index contributed by atoms with van der Waals surface area (Å²) in [6, 6.07) is -0.190. The van der Waals surface area contributed by atoms with Crippen molar-refractivity contribution in [2.75, 3.05) is 26.2 Å². The molecule has 3 amide bonds. The summed E-state index contributed by atoms with van der Waals surface area (Å²) in [5.41, 5.74) is 1.12. The van der Waals surface area contributed by atoms with E-state index < -0.39 is 0 Å². The number of allylic oxidation sites excluding steroid dienone is 2. The fourth-order valence-electron chi connectivity index (χ4n) is 4.27. The first-order valence-electron chi connectivity index (χ1n) is 10.8. The van der Waals surface area contributed by atoms with E-state index in [1.54, 1.807) is 4.90 Å². The number of esters is 1. The monoisotopic (exact) mass is 404 g/mol. The van der Waals surface area contributed by atoms with Crippen LogP contribution in [0, 0.1) is 11.8 Å². The van der Waals surface area contributed by atoms with Gasteiger partial charge in [-0.3, -0.25) is 14.5 Å². The minimum Gasteiger partial charge on any atom is -0.430 e. The lowest BCUT2D eigenvalue weighted by molar-refractivity contribution is -0.143. The number of imide groups is 1. The highest BCUT2D eigenvalue weighted by atomic mass is 16.5. The third-order valence-corrected chi connectivity index (χ3v) is 5.91. The van der Waals surface area contributed by atoms with Gasteiger partial charge in [0.1, 0.15) is 12.3 Å². The second-order valence-corrected chi connectivity index (χ2v) is 8.04. The highest BCUT2D eigenvalue weighted by Crippen LogP contribution is 2.39. The van der Waals surface area contributed by atoms with Crippen LogP contribution in [0.25, 0.3) is 0 Å². The molecule has 0 N–H and O–H groups in total. The molecule has 3 unspecified atom stereocenters. The normalized spacial score (nSPS) is 27.0. The van der Waals surface area contributed by atoms with E-state index in [9.17, 15) is 14.4 Å². The summed E-state index contributed by atoms with van der Waals surface area (Å²) in [5.74, 6) is 0.750. The number of likely N-dealkylation sites (N-methyl/N-ethyl adjacent to an activating group) is 1. The van der Waals surface area contributed by atoms with E-state index in [2.05, 4.69) is 19.9 Å². The lowest BCUT2D eigenvalue weighted by Gasteiger charge is -2.35. The molecule has 0 aromatic carbocycles. The van der Waals surface area contributed by atoms with Crippen LogP contribution in [0.1, 0.15) is 52.9 Å². The zero-order valence-electron chi connectivity index (χ0n) is 17.7. The number of ether oxygens (including phenoxy) is 2. The average molecular weight is 405 g/mol. The van der Waals surface area contributed by atoms with Crippen LogP contribution in [0.3, 0.4) is 0 Å². The van der Waals surface area contributed by atoms with Crippen molar-refractivity contribution < 1.29 is 23.9 Å². The Morgan fingerprint density at radius 1 is 1.21 bits per heavy atom. The van der Waals surface area contributed by atoms with Gasteiger partial charge in [0, 0.05) is 25.6 Å². The third kappa shape index (κ3) is 4.71. The molecule has 7 heteroatoms. The van der Waals surface area contributed by atoms with Gasteiger partial charge in [-0.2, -0.15) is 0 Å². The molecule has 29 heavy (non-hydrogen) atoms. The first-order valence-corrected chi connectivity index (χ1v) is 10.8. The number of rotatable bonds is 9. The Morgan fingerprint density at radius 3 is 2.69 bits per heavy atom. The number of amides is 3. The van der Waals surface area contributed by atoms with E-state index in [0.29, 0.717) is 32.5 Å². The molecule has 0 spiro atoms. The SMILES string of the molecule is CCCC1C2=C(C=CC1OCCCCN1C(=O)CN(CC)C1=O)C(C)CC(=O)O2. The Morgan fingerprint density at radius 2 is 2.00 bits per heavy atom. The van der Waals surface area contributed by atoms with Crippen molar-refractivity contribution in [2.45, 2.75) is 59.0 Å². The van der Waals surface area contributed by atoms with Crippen LogP contribution in [0.4, 0.5) is 4.79 Å². The number of nitrogens with zero attached hydrogens (tertiary/aromatic N) is 2. The molecule has 3 aliphatic rings. The summed E-state index contributed by atoms with van der Waals surface area (Å²) < 4.78 is 11.7. The summed E-state index contributed by atoms with van der Waals surface area (Å²) in [6.07, 6.45) is 7.80. The van der Waals surface area contributed by atoms with E-state index in [1.165, 1.54) is 4.90 Å². The lowest BCUT2D eigenvalue weighted by atomic mass is 9.81. The maximum Gasteiger partial charge on any atom is 0.327 e. The van der Waals surface area contributed by atoms with Crippen molar-refractivity contribution in [2.24, 2.45) is 11.8 Å². The van der Waals surface area contributed by atoms with Gasteiger partial charge in [-0.25, -0.2) is 4.79 Å². The molecule has 1 saturated heterocycles. The molecule has 7 nitrogen and oxygen atoms in total. The van der Waals surface area contributed by atoms with Gasteiger partial charge in [0.15, 0.2) is 0 Å². The molecule has 1 fully saturated rings. The van der Waals surface area contributed by atoms with Crippen LogP contribution in [0.2, 0.25) is 0 Å². The molecule has 0 aromatic heterocycles. The first-order chi connectivity index (χ1) is 14.0. The van der Waals surface area contributed by atoms with Crippen molar-refractivity contribution in [3.63, 3.8) is 0 Å². The highest BCUT2D eigenvalue weighted by molar-refractivity contribution is 6.01. The molecule has 2 heterocycles. The molecular weight excluding hydrogens is 372 g/mol. The fraction of sp³-hybridized carbons (Fsp3) is 0.682. The smallest absolute Gasteiger partial charge is 0.327 e. The molecule has 3 rings (SSSR count). The van der Waals surface area contributed by atoms with Gasteiger partial charge >= 0.3 is 12.0 Å². The number of urea groups is 1.